The molecule has 0 saturated carbocycles. The molecule has 2 atom stereocenters. The summed E-state index contributed by atoms with van der Waals surface area (Å²) >= 11 is 1.71. The third kappa shape index (κ3) is 5.56. The predicted octanol–water partition coefficient (Wildman–Crippen LogP) is 6.60. The number of nitrogens with one attached hydrogen (secondary N) is 2. The van der Waals surface area contributed by atoms with Crippen LogP contribution in [0.15, 0.2) is 54.7 Å². The summed E-state index contributed by atoms with van der Waals surface area (Å²) < 4.78 is 9.13. The van der Waals surface area contributed by atoms with Crippen LogP contribution < -0.4 is 10.6 Å². The van der Waals surface area contributed by atoms with E-state index in [0.717, 1.165) is 63.7 Å². The molecule has 1 aliphatic rings. The Kier molecular flexibility index (Phi) is 7.27. The molecule has 1 aromatic carbocycles. The molecule has 190 valence electrons. The van der Waals surface area contributed by atoms with Crippen LogP contribution in [0.2, 0.25) is 0 Å². The summed E-state index contributed by atoms with van der Waals surface area (Å²) in [5.41, 5.74) is 4.00. The van der Waals surface area contributed by atoms with Gasteiger partial charge in [0.1, 0.15) is 5.82 Å². The van der Waals surface area contributed by atoms with Crippen molar-refractivity contribution in [1.29, 1.82) is 0 Å². The van der Waals surface area contributed by atoms with E-state index < -0.39 is 0 Å². The largest absolute Gasteiger partial charge is 0.396 e. The Morgan fingerprint density at radius 2 is 2.00 bits per heavy atom. The molecule has 36 heavy (non-hydrogen) atoms. The van der Waals surface area contributed by atoms with Gasteiger partial charge < -0.3 is 20.5 Å². The van der Waals surface area contributed by atoms with Crippen LogP contribution in [0.5, 0.6) is 0 Å². The first-order chi connectivity index (χ1) is 17.4. The molecule has 3 N–H and O–H groups in total. The standard InChI is InChI=1S/C28H35N5O2S/c1-28(2,3)32-25-18-22(30-20(13-15-34)19-9-5-4-6-10-19)27-21(31-25)17-24(36-27)23-12-14-29-33(23)26-11-7-8-16-35-26/h4-6,9-10,12,14,17-18,20,26,34H,7-8,11,13,15-16H2,1-3H3,(H2,30,31,32). The molecule has 4 heterocycles. The summed E-state index contributed by atoms with van der Waals surface area (Å²) in [6.07, 6.45) is 5.67. The molecule has 0 bridgehead atoms. The van der Waals surface area contributed by atoms with Gasteiger partial charge in [-0.25, -0.2) is 9.67 Å². The highest BCUT2D eigenvalue weighted by Gasteiger charge is 2.23. The number of aromatic nitrogens is 3. The number of hydrogen-bond acceptors (Lipinski definition) is 7. The molecule has 0 aliphatic carbocycles. The lowest BCUT2D eigenvalue weighted by atomic mass is 10.0. The van der Waals surface area contributed by atoms with Gasteiger partial charge in [-0.05, 0) is 64.2 Å². The van der Waals surface area contributed by atoms with E-state index in [4.69, 9.17) is 9.72 Å². The van der Waals surface area contributed by atoms with Crippen LogP contribution in [0.1, 0.15) is 64.3 Å². The number of ether oxygens (including phenoxy) is 1. The highest BCUT2D eigenvalue weighted by Crippen LogP contribution is 2.41. The van der Waals surface area contributed by atoms with E-state index >= 15 is 0 Å². The molecular formula is C28H35N5O2S. The number of aliphatic hydroxyl groups is 1. The van der Waals surface area contributed by atoms with Crippen LogP contribution in [0.4, 0.5) is 11.5 Å². The van der Waals surface area contributed by atoms with E-state index in [1.807, 2.05) is 29.1 Å². The topological polar surface area (TPSA) is 84.2 Å². The smallest absolute Gasteiger partial charge is 0.150 e. The third-order valence-electron chi connectivity index (χ3n) is 6.28. The molecule has 8 heteroatoms. The zero-order chi connectivity index (χ0) is 25.1. The first kappa shape index (κ1) is 24.7. The van der Waals surface area contributed by atoms with E-state index in [1.165, 1.54) is 0 Å². The van der Waals surface area contributed by atoms with Crippen molar-refractivity contribution in [2.45, 2.75) is 64.3 Å². The SMILES string of the molecule is CC(C)(C)Nc1cc(NC(CCO)c2ccccc2)c2sc(-c3ccnn3C3CCCCO3)cc2n1. The fourth-order valence-corrected chi connectivity index (χ4v) is 5.78. The lowest BCUT2D eigenvalue weighted by Crippen LogP contribution is -2.26. The van der Waals surface area contributed by atoms with E-state index in [2.05, 4.69) is 66.8 Å². The second-order valence-electron chi connectivity index (χ2n) is 10.4. The van der Waals surface area contributed by atoms with Crippen LogP contribution >= 0.6 is 11.3 Å². The van der Waals surface area contributed by atoms with Crippen LogP contribution in [-0.2, 0) is 4.74 Å². The highest BCUT2D eigenvalue weighted by molar-refractivity contribution is 7.22. The van der Waals surface area contributed by atoms with Crippen molar-refractivity contribution < 1.29 is 9.84 Å². The maximum absolute atomic E-state index is 9.80. The molecule has 2 unspecified atom stereocenters. The van der Waals surface area contributed by atoms with Gasteiger partial charge in [0.05, 0.1) is 32.5 Å². The summed E-state index contributed by atoms with van der Waals surface area (Å²) in [5, 5.41) is 21.7. The van der Waals surface area contributed by atoms with Gasteiger partial charge >= 0.3 is 0 Å². The lowest BCUT2D eigenvalue weighted by molar-refractivity contribution is -0.0383. The van der Waals surface area contributed by atoms with Gasteiger partial charge in [-0.2, -0.15) is 5.10 Å². The van der Waals surface area contributed by atoms with Crippen molar-refractivity contribution in [2.24, 2.45) is 0 Å². The zero-order valence-electron chi connectivity index (χ0n) is 21.2. The molecule has 0 radical (unpaired) electrons. The minimum Gasteiger partial charge on any atom is -0.396 e. The number of hydrogen-bond donors (Lipinski definition) is 3. The van der Waals surface area contributed by atoms with E-state index in [-0.39, 0.29) is 24.4 Å². The molecule has 0 spiro atoms. The molecule has 4 aromatic rings. The van der Waals surface area contributed by atoms with Gasteiger partial charge in [0.15, 0.2) is 6.23 Å². The fourth-order valence-electron chi connectivity index (χ4n) is 4.68. The molecule has 7 nitrogen and oxygen atoms in total. The number of pyridine rings is 1. The normalized spacial score (nSPS) is 17.3. The molecule has 1 aliphatic heterocycles. The van der Waals surface area contributed by atoms with Gasteiger partial charge in [-0.1, -0.05) is 30.3 Å². The van der Waals surface area contributed by atoms with Gasteiger partial charge in [-0.15, -0.1) is 11.3 Å². The summed E-state index contributed by atoms with van der Waals surface area (Å²) in [7, 11) is 0. The Morgan fingerprint density at radius 1 is 1.17 bits per heavy atom. The third-order valence-corrected chi connectivity index (χ3v) is 7.46. The Morgan fingerprint density at radius 3 is 2.72 bits per heavy atom. The van der Waals surface area contributed by atoms with Crippen molar-refractivity contribution in [2.75, 3.05) is 23.8 Å². The van der Waals surface area contributed by atoms with Crippen LogP contribution in [0.25, 0.3) is 20.8 Å². The van der Waals surface area contributed by atoms with E-state index in [0.29, 0.717) is 6.42 Å². The van der Waals surface area contributed by atoms with Gasteiger partial charge in [0, 0.05) is 31.0 Å². The number of benzene rings is 1. The maximum Gasteiger partial charge on any atom is 0.150 e. The molecule has 3 aromatic heterocycles. The fraction of sp³-hybridized carbons (Fsp3) is 0.429. The average molecular weight is 506 g/mol. The summed E-state index contributed by atoms with van der Waals surface area (Å²) in [6, 6.07) is 16.6. The number of aliphatic hydroxyl groups excluding tert-OH is 1. The number of thiophene rings is 1. The van der Waals surface area contributed by atoms with Gasteiger partial charge in [0.25, 0.3) is 0 Å². The first-order valence-corrected chi connectivity index (χ1v) is 13.5. The van der Waals surface area contributed by atoms with E-state index in [1.54, 1.807) is 11.3 Å². The number of rotatable bonds is 8. The monoisotopic (exact) mass is 505 g/mol. The van der Waals surface area contributed by atoms with Crippen molar-refractivity contribution in [3.05, 3.63) is 60.3 Å². The number of nitrogens with zero attached hydrogens (tertiary/aromatic N) is 3. The zero-order valence-corrected chi connectivity index (χ0v) is 22.0. The van der Waals surface area contributed by atoms with E-state index in [9.17, 15) is 5.11 Å². The minimum atomic E-state index is -0.127. The number of anilines is 2. The number of fused-ring (bicyclic) bond motifs is 1. The maximum atomic E-state index is 9.80. The van der Waals surface area contributed by atoms with Crippen molar-refractivity contribution in [3.63, 3.8) is 0 Å². The highest BCUT2D eigenvalue weighted by atomic mass is 32.1. The van der Waals surface area contributed by atoms with Gasteiger partial charge in [-0.3, -0.25) is 0 Å². The first-order valence-electron chi connectivity index (χ1n) is 12.7. The summed E-state index contributed by atoms with van der Waals surface area (Å²) in [4.78, 5) is 6.08. The second-order valence-corrected chi connectivity index (χ2v) is 11.4. The molecule has 0 amide bonds. The quantitative estimate of drug-likeness (QED) is 0.250. The van der Waals surface area contributed by atoms with Crippen LogP contribution in [0, 0.1) is 0 Å². The Bertz CT molecular complexity index is 1290. The van der Waals surface area contributed by atoms with Crippen LogP contribution in [0.3, 0.4) is 0 Å². The molecular weight excluding hydrogens is 470 g/mol. The summed E-state index contributed by atoms with van der Waals surface area (Å²) in [5.74, 6) is 0.821. The predicted molar refractivity (Wildman–Crippen MR) is 148 cm³/mol. The Balaban J connectivity index is 1.57. The Hall–Kier alpha value is -2.94. The van der Waals surface area contributed by atoms with Crippen LogP contribution in [-0.4, -0.2) is 38.6 Å². The molecule has 5 rings (SSSR count). The minimum absolute atomic E-state index is 0.0176. The van der Waals surface area contributed by atoms with Crippen molar-refractivity contribution in [1.82, 2.24) is 14.8 Å². The Labute approximate surface area is 216 Å². The molecule has 1 saturated heterocycles. The van der Waals surface area contributed by atoms with Crippen molar-refractivity contribution in [3.8, 4) is 10.6 Å². The van der Waals surface area contributed by atoms with Crippen molar-refractivity contribution >= 4 is 33.1 Å². The second kappa shape index (κ2) is 10.6. The average Bonchev–Trinajstić information content (AvgIpc) is 3.51. The summed E-state index contributed by atoms with van der Waals surface area (Å²) in [6.45, 7) is 7.27. The lowest BCUT2D eigenvalue weighted by Gasteiger charge is -2.24. The molecule has 1 fully saturated rings. The van der Waals surface area contributed by atoms with Gasteiger partial charge in [0.2, 0.25) is 0 Å².